The lowest BCUT2D eigenvalue weighted by Gasteiger charge is -2.07. The van der Waals surface area contributed by atoms with Gasteiger partial charge in [0.1, 0.15) is 0 Å². The smallest absolute Gasteiger partial charge is 0.267 e. The molecule has 0 saturated heterocycles. The Hall–Kier alpha value is -2.42. The predicted molar refractivity (Wildman–Crippen MR) is 91.1 cm³/mol. The molecule has 0 unspecified atom stereocenters. The highest BCUT2D eigenvalue weighted by atomic mass is 16.2. The van der Waals surface area contributed by atoms with Gasteiger partial charge in [-0.3, -0.25) is 4.79 Å². The number of hydrogen-bond donors (Lipinski definition) is 1. The van der Waals surface area contributed by atoms with Gasteiger partial charge in [-0.05, 0) is 37.5 Å². The highest BCUT2D eigenvalue weighted by Gasteiger charge is 2.07. The molecule has 0 spiro atoms. The molecular weight excluding hydrogens is 272 g/mol. The van der Waals surface area contributed by atoms with Crippen LogP contribution in [-0.2, 0) is 0 Å². The highest BCUT2D eigenvalue weighted by Crippen LogP contribution is 2.08. The second kappa shape index (κ2) is 8.13. The number of rotatable bonds is 6. The van der Waals surface area contributed by atoms with Crippen LogP contribution in [0.25, 0.3) is 0 Å². The van der Waals surface area contributed by atoms with E-state index >= 15 is 0 Å². The first-order valence-electron chi connectivity index (χ1n) is 7.69. The van der Waals surface area contributed by atoms with E-state index in [0.717, 1.165) is 36.1 Å². The summed E-state index contributed by atoms with van der Waals surface area (Å²) in [6, 6.07) is 17.5. The van der Waals surface area contributed by atoms with E-state index in [1.807, 2.05) is 55.5 Å². The molecule has 0 aliphatic carbocycles. The zero-order chi connectivity index (χ0) is 15.8. The number of hydrogen-bond acceptors (Lipinski definition) is 2. The van der Waals surface area contributed by atoms with E-state index in [-0.39, 0.29) is 5.91 Å². The first-order valence-corrected chi connectivity index (χ1v) is 7.69. The van der Waals surface area contributed by atoms with Crippen LogP contribution in [0.1, 0.15) is 47.7 Å². The molecule has 1 amide bonds. The molecule has 3 heteroatoms. The quantitative estimate of drug-likeness (QED) is 0.625. The molecule has 0 aliphatic rings. The Morgan fingerprint density at radius 2 is 1.77 bits per heavy atom. The van der Waals surface area contributed by atoms with Gasteiger partial charge in [-0.1, -0.05) is 61.4 Å². The molecule has 0 bridgehead atoms. The van der Waals surface area contributed by atoms with Crippen LogP contribution in [0.3, 0.4) is 0 Å². The van der Waals surface area contributed by atoms with Gasteiger partial charge in [-0.25, -0.2) is 5.43 Å². The SMILES string of the molecule is CCCC/C(=N/NC(=O)c1cccc(C)c1)c1ccccc1. The number of nitrogens with one attached hydrogen (secondary N) is 1. The highest BCUT2D eigenvalue weighted by molar-refractivity contribution is 6.02. The summed E-state index contributed by atoms with van der Waals surface area (Å²) in [5.74, 6) is -0.173. The van der Waals surface area contributed by atoms with E-state index in [9.17, 15) is 4.79 Å². The van der Waals surface area contributed by atoms with Gasteiger partial charge in [0.2, 0.25) is 0 Å². The summed E-state index contributed by atoms with van der Waals surface area (Å²) in [6.45, 7) is 4.12. The van der Waals surface area contributed by atoms with Crippen molar-refractivity contribution in [2.24, 2.45) is 5.10 Å². The fourth-order valence-corrected chi connectivity index (χ4v) is 2.21. The van der Waals surface area contributed by atoms with Gasteiger partial charge >= 0.3 is 0 Å². The maximum Gasteiger partial charge on any atom is 0.271 e. The molecule has 0 fully saturated rings. The number of amides is 1. The summed E-state index contributed by atoms with van der Waals surface area (Å²) in [5.41, 5.74) is 6.35. The van der Waals surface area contributed by atoms with Gasteiger partial charge in [0.05, 0.1) is 5.71 Å². The van der Waals surface area contributed by atoms with Crippen molar-refractivity contribution < 1.29 is 4.79 Å². The summed E-state index contributed by atoms with van der Waals surface area (Å²) in [4.78, 5) is 12.2. The topological polar surface area (TPSA) is 41.5 Å². The van der Waals surface area contributed by atoms with Crippen LogP contribution >= 0.6 is 0 Å². The second-order valence-corrected chi connectivity index (χ2v) is 5.34. The Bertz CT molecular complexity index is 647. The Morgan fingerprint density at radius 1 is 1.05 bits per heavy atom. The molecule has 2 aromatic carbocycles. The number of aryl methyl sites for hydroxylation is 1. The average molecular weight is 294 g/mol. The van der Waals surface area contributed by atoms with Crippen molar-refractivity contribution in [1.82, 2.24) is 5.43 Å². The number of nitrogens with zero attached hydrogens (tertiary/aromatic N) is 1. The zero-order valence-electron chi connectivity index (χ0n) is 13.2. The Labute approximate surface area is 132 Å². The maximum atomic E-state index is 12.2. The largest absolute Gasteiger partial charge is 0.271 e. The van der Waals surface area contributed by atoms with Crippen LogP contribution in [0, 0.1) is 6.92 Å². The fraction of sp³-hybridized carbons (Fsp3) is 0.263. The van der Waals surface area contributed by atoms with E-state index in [0.29, 0.717) is 5.56 Å². The normalized spacial score (nSPS) is 11.3. The fourth-order valence-electron chi connectivity index (χ4n) is 2.21. The zero-order valence-corrected chi connectivity index (χ0v) is 13.2. The van der Waals surface area contributed by atoms with Crippen LogP contribution in [0.15, 0.2) is 59.7 Å². The molecule has 0 atom stereocenters. The van der Waals surface area contributed by atoms with Gasteiger partial charge in [0, 0.05) is 5.56 Å². The molecule has 22 heavy (non-hydrogen) atoms. The van der Waals surface area contributed by atoms with Gasteiger partial charge < -0.3 is 0 Å². The van der Waals surface area contributed by atoms with Gasteiger partial charge in [-0.2, -0.15) is 5.10 Å². The van der Waals surface area contributed by atoms with Crippen molar-refractivity contribution in [2.75, 3.05) is 0 Å². The van der Waals surface area contributed by atoms with Crippen molar-refractivity contribution in [3.63, 3.8) is 0 Å². The number of hydrazone groups is 1. The first kappa shape index (κ1) is 16.0. The lowest BCUT2D eigenvalue weighted by molar-refractivity contribution is 0.0954. The Balaban J connectivity index is 2.14. The maximum absolute atomic E-state index is 12.2. The van der Waals surface area contributed by atoms with Crippen molar-refractivity contribution in [3.05, 3.63) is 71.3 Å². The monoisotopic (exact) mass is 294 g/mol. The van der Waals surface area contributed by atoms with Crippen LogP contribution in [0.5, 0.6) is 0 Å². The second-order valence-electron chi connectivity index (χ2n) is 5.34. The first-order chi connectivity index (χ1) is 10.7. The molecule has 0 aliphatic heterocycles. The average Bonchev–Trinajstić information content (AvgIpc) is 2.55. The standard InChI is InChI=1S/C19H22N2O/c1-3-4-13-18(16-10-6-5-7-11-16)20-21-19(22)17-12-8-9-15(2)14-17/h5-12,14H,3-4,13H2,1-2H3,(H,21,22)/b20-18-. The molecular formula is C19H22N2O. The number of benzene rings is 2. The summed E-state index contributed by atoms with van der Waals surface area (Å²) in [5, 5.41) is 4.35. The van der Waals surface area contributed by atoms with Gasteiger partial charge in [0.15, 0.2) is 0 Å². The molecule has 0 heterocycles. The third-order valence-electron chi connectivity index (χ3n) is 3.45. The Kier molecular flexibility index (Phi) is 5.90. The lowest BCUT2D eigenvalue weighted by atomic mass is 10.1. The Morgan fingerprint density at radius 3 is 2.45 bits per heavy atom. The minimum Gasteiger partial charge on any atom is -0.267 e. The summed E-state index contributed by atoms with van der Waals surface area (Å²) in [6.07, 6.45) is 3.00. The van der Waals surface area contributed by atoms with E-state index < -0.39 is 0 Å². The molecule has 2 aromatic rings. The van der Waals surface area contributed by atoms with Crippen LogP contribution in [0.4, 0.5) is 0 Å². The third-order valence-corrected chi connectivity index (χ3v) is 3.45. The van der Waals surface area contributed by atoms with Crippen LogP contribution in [-0.4, -0.2) is 11.6 Å². The number of carbonyl (C=O) groups is 1. The van der Waals surface area contributed by atoms with E-state index in [1.54, 1.807) is 6.07 Å². The summed E-state index contributed by atoms with van der Waals surface area (Å²) in [7, 11) is 0. The van der Waals surface area contributed by atoms with Crippen molar-refractivity contribution in [2.45, 2.75) is 33.1 Å². The van der Waals surface area contributed by atoms with Gasteiger partial charge in [0.25, 0.3) is 5.91 Å². The number of unbranched alkanes of at least 4 members (excludes halogenated alkanes) is 1. The van der Waals surface area contributed by atoms with Crippen LogP contribution in [0.2, 0.25) is 0 Å². The summed E-state index contributed by atoms with van der Waals surface area (Å²) < 4.78 is 0. The number of carbonyl (C=O) groups excluding carboxylic acids is 1. The van der Waals surface area contributed by atoms with Crippen molar-refractivity contribution >= 4 is 11.6 Å². The summed E-state index contributed by atoms with van der Waals surface area (Å²) >= 11 is 0. The van der Waals surface area contributed by atoms with E-state index in [1.165, 1.54) is 0 Å². The van der Waals surface area contributed by atoms with E-state index in [2.05, 4.69) is 17.5 Å². The molecule has 2 rings (SSSR count). The third kappa shape index (κ3) is 4.55. The van der Waals surface area contributed by atoms with Crippen LogP contribution < -0.4 is 5.43 Å². The van der Waals surface area contributed by atoms with Gasteiger partial charge in [-0.15, -0.1) is 0 Å². The molecule has 0 radical (unpaired) electrons. The molecule has 0 aromatic heterocycles. The van der Waals surface area contributed by atoms with E-state index in [4.69, 9.17) is 0 Å². The molecule has 1 N–H and O–H groups in total. The minimum absolute atomic E-state index is 0.173. The van der Waals surface area contributed by atoms with Crippen molar-refractivity contribution in [1.29, 1.82) is 0 Å². The predicted octanol–water partition coefficient (Wildman–Crippen LogP) is 4.32. The minimum atomic E-state index is -0.173. The molecule has 0 saturated carbocycles. The molecule has 114 valence electrons. The van der Waals surface area contributed by atoms with Crippen molar-refractivity contribution in [3.8, 4) is 0 Å². The molecule has 3 nitrogen and oxygen atoms in total. The lowest BCUT2D eigenvalue weighted by Crippen LogP contribution is -2.20.